The van der Waals surface area contributed by atoms with Gasteiger partial charge in [0.05, 0.1) is 20.5 Å². The fraction of sp³-hybridized carbons (Fsp3) is 0.179. The molecule has 0 unspecified atom stereocenters. The lowest BCUT2D eigenvalue weighted by molar-refractivity contribution is -0.111. The van der Waals surface area contributed by atoms with E-state index in [-0.39, 0.29) is 5.91 Å². The van der Waals surface area contributed by atoms with Gasteiger partial charge >= 0.3 is 0 Å². The molecule has 168 valence electrons. The summed E-state index contributed by atoms with van der Waals surface area (Å²) >= 11 is 0. The Kier molecular flexibility index (Phi) is 6.50. The predicted molar refractivity (Wildman–Crippen MR) is 133 cm³/mol. The first kappa shape index (κ1) is 22.2. The van der Waals surface area contributed by atoms with Crippen molar-refractivity contribution in [1.29, 1.82) is 0 Å². The lowest BCUT2D eigenvalue weighted by Gasteiger charge is -2.10. The number of hydrogen-bond acceptors (Lipinski definition) is 4. The molecule has 0 bridgehead atoms. The zero-order valence-corrected chi connectivity index (χ0v) is 19.3. The third kappa shape index (κ3) is 4.77. The van der Waals surface area contributed by atoms with Crippen LogP contribution in [-0.2, 0) is 11.2 Å². The van der Waals surface area contributed by atoms with E-state index < -0.39 is 0 Å². The second kappa shape index (κ2) is 9.65. The van der Waals surface area contributed by atoms with Gasteiger partial charge in [0, 0.05) is 34.3 Å². The van der Waals surface area contributed by atoms with Gasteiger partial charge in [-0.3, -0.25) is 4.79 Å². The maximum atomic E-state index is 12.7. The molecule has 0 aliphatic heterocycles. The van der Waals surface area contributed by atoms with Crippen LogP contribution in [0.3, 0.4) is 0 Å². The van der Waals surface area contributed by atoms with Gasteiger partial charge in [-0.1, -0.05) is 31.2 Å². The molecule has 0 aliphatic rings. The Morgan fingerprint density at radius 3 is 2.52 bits per heavy atom. The number of carbonyl (C=O) groups is 1. The summed E-state index contributed by atoms with van der Waals surface area (Å²) in [4.78, 5) is 12.7. The number of ether oxygens (including phenoxy) is 2. The molecule has 1 heterocycles. The molecule has 4 aromatic rings. The minimum Gasteiger partial charge on any atom is -0.497 e. The molecule has 4 rings (SSSR count). The van der Waals surface area contributed by atoms with Crippen LogP contribution in [0.5, 0.6) is 11.5 Å². The molecular weight excluding hydrogens is 414 g/mol. The highest BCUT2D eigenvalue weighted by molar-refractivity contribution is 6.05. The largest absolute Gasteiger partial charge is 0.497 e. The van der Waals surface area contributed by atoms with E-state index in [1.165, 1.54) is 5.56 Å². The van der Waals surface area contributed by atoms with Crippen molar-refractivity contribution in [2.75, 3.05) is 19.5 Å². The van der Waals surface area contributed by atoms with Crippen LogP contribution in [-0.4, -0.2) is 20.1 Å². The Hall–Kier alpha value is -3.99. The molecule has 3 aromatic carbocycles. The fourth-order valence-corrected chi connectivity index (χ4v) is 3.82. The molecule has 1 aromatic heterocycles. The molecule has 0 spiro atoms. The number of fused-ring (bicyclic) bond motifs is 1. The maximum Gasteiger partial charge on any atom is 0.248 e. The molecule has 0 aliphatic carbocycles. The molecule has 0 atom stereocenters. The predicted octanol–water partition coefficient (Wildman–Crippen LogP) is 6.72. The Morgan fingerprint density at radius 2 is 1.82 bits per heavy atom. The first-order valence-corrected chi connectivity index (χ1v) is 10.8. The molecule has 5 nitrogen and oxygen atoms in total. The van der Waals surface area contributed by atoms with Crippen molar-refractivity contribution in [3.05, 3.63) is 84.1 Å². The van der Waals surface area contributed by atoms with Crippen LogP contribution in [0, 0.1) is 0 Å². The number of furan rings is 1. The van der Waals surface area contributed by atoms with Gasteiger partial charge in [-0.25, -0.2) is 0 Å². The number of amides is 1. The van der Waals surface area contributed by atoms with Crippen molar-refractivity contribution in [2.24, 2.45) is 0 Å². The van der Waals surface area contributed by atoms with Crippen molar-refractivity contribution < 1.29 is 18.7 Å². The summed E-state index contributed by atoms with van der Waals surface area (Å²) < 4.78 is 16.8. The van der Waals surface area contributed by atoms with E-state index in [2.05, 4.69) is 12.2 Å². The van der Waals surface area contributed by atoms with Gasteiger partial charge in [0.15, 0.2) is 0 Å². The average Bonchev–Trinajstić information content (AvgIpc) is 3.26. The van der Waals surface area contributed by atoms with E-state index >= 15 is 0 Å². The quantitative estimate of drug-likeness (QED) is 0.323. The van der Waals surface area contributed by atoms with Gasteiger partial charge < -0.3 is 19.2 Å². The Labute approximate surface area is 193 Å². The number of benzene rings is 3. The number of hydrogen-bond donors (Lipinski definition) is 1. The minimum atomic E-state index is -0.195. The first-order valence-electron chi connectivity index (χ1n) is 10.8. The average molecular weight is 442 g/mol. The summed E-state index contributed by atoms with van der Waals surface area (Å²) in [5, 5.41) is 3.86. The molecular formula is C28H27NO4. The van der Waals surface area contributed by atoms with Crippen molar-refractivity contribution in [3.8, 4) is 22.6 Å². The van der Waals surface area contributed by atoms with Gasteiger partial charge in [0.2, 0.25) is 5.91 Å². The van der Waals surface area contributed by atoms with Gasteiger partial charge in [-0.05, 0) is 60.4 Å². The molecule has 0 fully saturated rings. The van der Waals surface area contributed by atoms with E-state index in [1.54, 1.807) is 26.6 Å². The van der Waals surface area contributed by atoms with Crippen molar-refractivity contribution in [2.45, 2.75) is 20.3 Å². The van der Waals surface area contributed by atoms with Crippen LogP contribution in [0.2, 0.25) is 0 Å². The Balaban J connectivity index is 1.68. The lowest BCUT2D eigenvalue weighted by Crippen LogP contribution is -2.08. The smallest absolute Gasteiger partial charge is 0.248 e. The van der Waals surface area contributed by atoms with Crippen LogP contribution in [0.15, 0.2) is 77.4 Å². The number of carbonyl (C=O) groups excluding carboxylic acids is 1. The van der Waals surface area contributed by atoms with Crippen molar-refractivity contribution >= 4 is 28.1 Å². The number of aryl methyl sites for hydroxylation is 1. The summed E-state index contributed by atoms with van der Waals surface area (Å²) in [6, 6.07) is 19.5. The summed E-state index contributed by atoms with van der Waals surface area (Å²) in [6.45, 7) is 4.00. The van der Waals surface area contributed by atoms with Crippen molar-refractivity contribution in [1.82, 2.24) is 0 Å². The number of rotatable bonds is 7. The number of nitrogens with one attached hydrogen (secondary N) is 1. The van der Waals surface area contributed by atoms with Gasteiger partial charge in [-0.15, -0.1) is 0 Å². The zero-order valence-electron chi connectivity index (χ0n) is 19.3. The fourth-order valence-electron chi connectivity index (χ4n) is 3.82. The van der Waals surface area contributed by atoms with E-state index in [4.69, 9.17) is 13.9 Å². The highest BCUT2D eigenvalue weighted by Crippen LogP contribution is 2.38. The summed E-state index contributed by atoms with van der Waals surface area (Å²) in [5.74, 6) is 1.22. The summed E-state index contributed by atoms with van der Waals surface area (Å²) in [7, 11) is 3.26. The molecule has 0 saturated carbocycles. The molecule has 5 heteroatoms. The second-order valence-electron chi connectivity index (χ2n) is 7.80. The van der Waals surface area contributed by atoms with Gasteiger partial charge in [0.25, 0.3) is 0 Å². The SMILES string of the molecule is CCc1ccc(NC(=O)/C=C(\C)c2cc3c(-c4cccc(OC)c4)coc3cc2OC)cc1. The first-order chi connectivity index (χ1) is 16.0. The van der Waals surface area contributed by atoms with E-state index in [9.17, 15) is 4.79 Å². The Bertz CT molecular complexity index is 1320. The van der Waals surface area contributed by atoms with E-state index in [0.29, 0.717) is 11.3 Å². The molecule has 0 saturated heterocycles. The zero-order chi connectivity index (χ0) is 23.4. The third-order valence-electron chi connectivity index (χ3n) is 5.68. The number of methoxy groups -OCH3 is 2. The Morgan fingerprint density at radius 1 is 1.03 bits per heavy atom. The minimum absolute atomic E-state index is 0.195. The summed E-state index contributed by atoms with van der Waals surface area (Å²) in [6.07, 6.45) is 4.28. The molecule has 1 amide bonds. The maximum absolute atomic E-state index is 12.7. The number of allylic oxidation sites excluding steroid dienone is 1. The van der Waals surface area contributed by atoms with Crippen LogP contribution in [0.25, 0.3) is 27.7 Å². The number of anilines is 1. The second-order valence-corrected chi connectivity index (χ2v) is 7.80. The van der Waals surface area contributed by atoms with Crippen LogP contribution in [0.1, 0.15) is 25.0 Å². The van der Waals surface area contributed by atoms with Crippen LogP contribution >= 0.6 is 0 Å². The highest BCUT2D eigenvalue weighted by atomic mass is 16.5. The molecule has 1 N–H and O–H groups in total. The van der Waals surface area contributed by atoms with Gasteiger partial charge in [0.1, 0.15) is 17.1 Å². The molecule has 0 radical (unpaired) electrons. The third-order valence-corrected chi connectivity index (χ3v) is 5.68. The van der Waals surface area contributed by atoms with Crippen LogP contribution < -0.4 is 14.8 Å². The normalized spacial score (nSPS) is 11.5. The monoisotopic (exact) mass is 441 g/mol. The highest BCUT2D eigenvalue weighted by Gasteiger charge is 2.15. The van der Waals surface area contributed by atoms with E-state index in [1.807, 2.05) is 67.6 Å². The summed E-state index contributed by atoms with van der Waals surface area (Å²) in [5.41, 5.74) is 6.24. The standard InChI is InChI=1S/C28H27NO4/c1-5-19-9-11-21(12-10-19)29-28(30)13-18(2)23-15-24-25(17-33-27(24)16-26(23)32-4)20-7-6-8-22(14-20)31-3/h6-17H,5H2,1-4H3,(H,29,30)/b18-13+. The van der Waals surface area contributed by atoms with Crippen molar-refractivity contribution in [3.63, 3.8) is 0 Å². The van der Waals surface area contributed by atoms with Gasteiger partial charge in [-0.2, -0.15) is 0 Å². The molecule has 33 heavy (non-hydrogen) atoms. The van der Waals surface area contributed by atoms with Crippen LogP contribution in [0.4, 0.5) is 5.69 Å². The van der Waals surface area contributed by atoms with E-state index in [0.717, 1.165) is 45.5 Å². The lowest BCUT2D eigenvalue weighted by atomic mass is 9.99. The topological polar surface area (TPSA) is 60.7 Å².